The van der Waals surface area contributed by atoms with Crippen LogP contribution in [0.15, 0.2) is 53.4 Å². The highest BCUT2D eigenvalue weighted by Crippen LogP contribution is 2.41. The summed E-state index contributed by atoms with van der Waals surface area (Å²) in [6, 6.07) is 12.8. The molecular weight excluding hydrogens is 524 g/mol. The summed E-state index contributed by atoms with van der Waals surface area (Å²) in [6.45, 7) is 0.161. The van der Waals surface area contributed by atoms with E-state index in [1.807, 2.05) is 18.2 Å². The summed E-state index contributed by atoms with van der Waals surface area (Å²) in [5.41, 5.74) is 7.20. The molecule has 0 aliphatic heterocycles. The summed E-state index contributed by atoms with van der Waals surface area (Å²) >= 11 is 6.14. The maximum Gasteiger partial charge on any atom is 0.471 e. The number of sulfone groups is 1. The molecule has 11 heteroatoms. The van der Waals surface area contributed by atoms with E-state index in [0.29, 0.717) is 42.8 Å². The number of amides is 1. The number of rotatable bonds is 7. The molecule has 0 bridgehead atoms. The van der Waals surface area contributed by atoms with Crippen LogP contribution < -0.4 is 5.73 Å². The average Bonchev–Trinajstić information content (AvgIpc) is 2.78. The molecule has 0 radical (unpaired) electrons. The standard InChI is InChI=1S/C24H28ClF3N2O3S.ClH/c1-34(32,33)21-7-2-4-17(14-21)10-13-30(22(31)24(26,27)28)20-8-11-23(16-29,12-9-20)18-5-3-6-19(25)15-18;/h2-7,14-15,20H,8-13,16,29H2,1H3;1H/t20-,23-;. The summed E-state index contributed by atoms with van der Waals surface area (Å²) in [4.78, 5) is 13.3. The molecule has 0 aromatic heterocycles. The van der Waals surface area contributed by atoms with Crippen LogP contribution in [0.3, 0.4) is 0 Å². The lowest BCUT2D eigenvalue weighted by Crippen LogP contribution is -2.51. The first-order valence-electron chi connectivity index (χ1n) is 11.0. The third-order valence-electron chi connectivity index (χ3n) is 6.65. The molecule has 0 saturated heterocycles. The highest BCUT2D eigenvalue weighted by Gasteiger charge is 2.46. The minimum Gasteiger partial charge on any atom is -0.332 e. The molecule has 2 aromatic carbocycles. The van der Waals surface area contributed by atoms with Crippen LogP contribution in [-0.4, -0.2) is 50.8 Å². The third kappa shape index (κ3) is 7.12. The molecular formula is C24H29Cl2F3N2O3S. The Morgan fingerprint density at radius 2 is 1.77 bits per heavy atom. The fourth-order valence-corrected chi connectivity index (χ4v) is 5.57. The van der Waals surface area contributed by atoms with E-state index in [1.165, 1.54) is 12.1 Å². The number of nitrogens with two attached hydrogens (primary N) is 1. The Hall–Kier alpha value is -1.81. The van der Waals surface area contributed by atoms with Gasteiger partial charge >= 0.3 is 12.1 Å². The van der Waals surface area contributed by atoms with Gasteiger partial charge < -0.3 is 10.6 Å². The SMILES string of the molecule is CS(=O)(=O)c1cccc(CCN(C(=O)C(F)(F)F)[C@H]2CC[C@](CN)(c3cccc(Cl)c3)CC2)c1.Cl. The summed E-state index contributed by atoms with van der Waals surface area (Å²) in [5.74, 6) is -1.88. The van der Waals surface area contributed by atoms with Crippen molar-refractivity contribution in [1.82, 2.24) is 4.90 Å². The van der Waals surface area contributed by atoms with Crippen LogP contribution in [0.2, 0.25) is 5.02 Å². The van der Waals surface area contributed by atoms with Crippen LogP contribution in [0.5, 0.6) is 0 Å². The number of carbonyl (C=O) groups is 1. The van der Waals surface area contributed by atoms with Crippen LogP contribution in [0, 0.1) is 0 Å². The van der Waals surface area contributed by atoms with E-state index in [-0.39, 0.29) is 30.3 Å². The Balaban J connectivity index is 0.00000432. The van der Waals surface area contributed by atoms with E-state index >= 15 is 0 Å². The normalized spacial score (nSPS) is 20.7. The monoisotopic (exact) mass is 552 g/mol. The minimum atomic E-state index is -5.00. The van der Waals surface area contributed by atoms with Crippen molar-refractivity contribution in [3.05, 3.63) is 64.7 Å². The van der Waals surface area contributed by atoms with Gasteiger partial charge in [-0.2, -0.15) is 13.2 Å². The summed E-state index contributed by atoms with van der Waals surface area (Å²) in [5, 5.41) is 0.567. The predicted octanol–water partition coefficient (Wildman–Crippen LogP) is 4.94. The van der Waals surface area contributed by atoms with E-state index < -0.39 is 33.4 Å². The van der Waals surface area contributed by atoms with E-state index in [0.717, 1.165) is 16.7 Å². The van der Waals surface area contributed by atoms with Gasteiger partial charge in [-0.25, -0.2) is 8.42 Å². The predicted molar refractivity (Wildman–Crippen MR) is 133 cm³/mol. The molecule has 0 unspecified atom stereocenters. The molecule has 2 aromatic rings. The van der Waals surface area contributed by atoms with Gasteiger partial charge in [-0.1, -0.05) is 35.9 Å². The highest BCUT2D eigenvalue weighted by molar-refractivity contribution is 7.90. The fourth-order valence-electron chi connectivity index (χ4n) is 4.69. The van der Waals surface area contributed by atoms with Crippen molar-refractivity contribution in [2.24, 2.45) is 5.73 Å². The minimum absolute atomic E-state index is 0. The molecule has 35 heavy (non-hydrogen) atoms. The summed E-state index contributed by atoms with van der Waals surface area (Å²) in [6.07, 6.45) is -2.03. The molecule has 1 fully saturated rings. The van der Waals surface area contributed by atoms with E-state index in [9.17, 15) is 26.4 Å². The smallest absolute Gasteiger partial charge is 0.332 e. The van der Waals surface area contributed by atoms with Crippen molar-refractivity contribution in [1.29, 1.82) is 0 Å². The lowest BCUT2D eigenvalue weighted by molar-refractivity contribution is -0.188. The van der Waals surface area contributed by atoms with Gasteiger partial charge in [0.15, 0.2) is 9.84 Å². The molecule has 194 valence electrons. The van der Waals surface area contributed by atoms with Crippen LogP contribution in [0.1, 0.15) is 36.8 Å². The zero-order valence-corrected chi connectivity index (χ0v) is 21.6. The largest absolute Gasteiger partial charge is 0.471 e. The highest BCUT2D eigenvalue weighted by atomic mass is 35.5. The van der Waals surface area contributed by atoms with Gasteiger partial charge in [0, 0.05) is 35.8 Å². The molecule has 0 spiro atoms. The Labute approximate surface area is 215 Å². The Kier molecular flexibility index (Phi) is 9.66. The van der Waals surface area contributed by atoms with Gasteiger partial charge in [0.05, 0.1) is 4.90 Å². The Bertz CT molecular complexity index is 1130. The summed E-state index contributed by atoms with van der Waals surface area (Å²) in [7, 11) is -3.45. The van der Waals surface area contributed by atoms with Crippen LogP contribution in [0.25, 0.3) is 0 Å². The zero-order valence-electron chi connectivity index (χ0n) is 19.2. The van der Waals surface area contributed by atoms with Crippen LogP contribution in [-0.2, 0) is 26.5 Å². The van der Waals surface area contributed by atoms with Gasteiger partial charge in [-0.05, 0) is 67.5 Å². The van der Waals surface area contributed by atoms with E-state index in [4.69, 9.17) is 17.3 Å². The molecule has 0 heterocycles. The lowest BCUT2D eigenvalue weighted by atomic mass is 9.68. The second-order valence-electron chi connectivity index (χ2n) is 8.89. The van der Waals surface area contributed by atoms with Crippen molar-refractivity contribution in [2.45, 2.75) is 54.6 Å². The molecule has 5 nitrogen and oxygen atoms in total. The molecule has 1 aliphatic rings. The third-order valence-corrected chi connectivity index (χ3v) is 8.00. The lowest BCUT2D eigenvalue weighted by Gasteiger charge is -2.43. The number of hydrogen-bond acceptors (Lipinski definition) is 4. The number of nitrogens with zero attached hydrogens (tertiary/aromatic N) is 1. The van der Waals surface area contributed by atoms with Crippen molar-refractivity contribution in [2.75, 3.05) is 19.3 Å². The molecule has 3 rings (SSSR count). The van der Waals surface area contributed by atoms with Crippen molar-refractivity contribution in [3.63, 3.8) is 0 Å². The van der Waals surface area contributed by atoms with Crippen molar-refractivity contribution in [3.8, 4) is 0 Å². The maximum atomic E-state index is 13.4. The zero-order chi connectivity index (χ0) is 25.1. The van der Waals surface area contributed by atoms with Crippen molar-refractivity contribution >= 4 is 39.8 Å². The number of halogens is 5. The van der Waals surface area contributed by atoms with Gasteiger partial charge in [-0.3, -0.25) is 4.79 Å². The fraction of sp³-hybridized carbons (Fsp3) is 0.458. The second kappa shape index (κ2) is 11.5. The quantitative estimate of drug-likeness (QED) is 0.527. The molecule has 1 saturated carbocycles. The molecule has 1 amide bonds. The average molecular weight is 553 g/mol. The molecule has 1 aliphatic carbocycles. The van der Waals surface area contributed by atoms with Gasteiger partial charge in [0.25, 0.3) is 0 Å². The summed E-state index contributed by atoms with van der Waals surface area (Å²) < 4.78 is 63.9. The number of benzene rings is 2. The number of carbonyl (C=O) groups excluding carboxylic acids is 1. The van der Waals surface area contributed by atoms with E-state index in [1.54, 1.807) is 18.2 Å². The molecule has 0 atom stereocenters. The first-order valence-corrected chi connectivity index (χ1v) is 13.3. The maximum absolute atomic E-state index is 13.4. The topological polar surface area (TPSA) is 80.5 Å². The van der Waals surface area contributed by atoms with Gasteiger partial charge in [0.1, 0.15) is 0 Å². The van der Waals surface area contributed by atoms with Crippen LogP contribution in [0.4, 0.5) is 13.2 Å². The number of hydrogen-bond donors (Lipinski definition) is 1. The van der Waals surface area contributed by atoms with E-state index in [2.05, 4.69) is 0 Å². The van der Waals surface area contributed by atoms with Gasteiger partial charge in [0.2, 0.25) is 0 Å². The Morgan fingerprint density at radius 3 is 2.31 bits per heavy atom. The Morgan fingerprint density at radius 1 is 1.14 bits per heavy atom. The number of alkyl halides is 3. The van der Waals surface area contributed by atoms with Crippen LogP contribution >= 0.6 is 24.0 Å². The van der Waals surface area contributed by atoms with Gasteiger partial charge in [-0.15, -0.1) is 12.4 Å². The first kappa shape index (κ1) is 29.4. The second-order valence-corrected chi connectivity index (χ2v) is 11.3. The first-order chi connectivity index (χ1) is 15.9. The molecule has 2 N–H and O–H groups in total. The van der Waals surface area contributed by atoms with Crippen molar-refractivity contribution < 1.29 is 26.4 Å².